The number of sulfonamides is 1. The van der Waals surface area contributed by atoms with Crippen LogP contribution in [0, 0.1) is 6.92 Å². The van der Waals surface area contributed by atoms with Crippen molar-refractivity contribution in [2.45, 2.75) is 59.2 Å². The van der Waals surface area contributed by atoms with Gasteiger partial charge in [-0.3, -0.25) is 13.9 Å². The minimum atomic E-state index is -3.83. The first-order valence-electron chi connectivity index (χ1n) is 13.2. The van der Waals surface area contributed by atoms with Crippen molar-refractivity contribution in [1.29, 1.82) is 0 Å². The van der Waals surface area contributed by atoms with Crippen LogP contribution in [0.15, 0.2) is 78.9 Å². The lowest BCUT2D eigenvalue weighted by Crippen LogP contribution is -2.55. The molecule has 0 aromatic heterocycles. The van der Waals surface area contributed by atoms with E-state index in [1.54, 1.807) is 24.3 Å². The summed E-state index contributed by atoms with van der Waals surface area (Å²) >= 11 is 0. The Labute approximate surface area is 238 Å². The molecule has 1 unspecified atom stereocenters. The van der Waals surface area contributed by atoms with E-state index in [1.807, 2.05) is 89.2 Å². The van der Waals surface area contributed by atoms with Crippen LogP contribution in [0.2, 0.25) is 0 Å². The summed E-state index contributed by atoms with van der Waals surface area (Å²) in [5.74, 6) is 0.411. The zero-order valence-electron chi connectivity index (χ0n) is 24.0. The third-order valence-corrected chi connectivity index (χ3v) is 7.24. The Morgan fingerprint density at radius 2 is 1.55 bits per heavy atom. The fraction of sp³-hybridized carbons (Fsp3) is 0.355. The van der Waals surface area contributed by atoms with E-state index in [4.69, 9.17) is 4.74 Å². The number of ether oxygens (including phenoxy) is 1. The molecule has 0 fully saturated rings. The molecule has 214 valence electrons. The van der Waals surface area contributed by atoms with Crippen LogP contribution in [-0.4, -0.2) is 49.5 Å². The minimum Gasteiger partial charge on any atom is -0.457 e. The first kappa shape index (κ1) is 30.7. The highest BCUT2D eigenvalue weighted by Gasteiger charge is 2.33. The van der Waals surface area contributed by atoms with Gasteiger partial charge in [0, 0.05) is 12.1 Å². The molecule has 9 heteroatoms. The molecule has 2 amide bonds. The summed E-state index contributed by atoms with van der Waals surface area (Å²) in [6, 6.07) is 22.6. The molecular weight excluding hydrogens is 526 g/mol. The van der Waals surface area contributed by atoms with Gasteiger partial charge in [0.1, 0.15) is 24.1 Å². The standard InChI is InChI=1S/C31H39N3O5S/c1-7-28(30(36)32-31(3,4)5)33(21-24-13-11-12-23(2)20-24)29(35)22-34(40(6,37)38)25-16-18-27(19-17-25)39-26-14-9-8-10-15-26/h8-20,28H,7,21-22H2,1-6H3,(H,32,36). The number of nitrogens with one attached hydrogen (secondary N) is 1. The second-order valence-electron chi connectivity index (χ2n) is 10.9. The SMILES string of the molecule is CCC(C(=O)NC(C)(C)C)N(Cc1cccc(C)c1)C(=O)CN(c1ccc(Oc2ccccc2)cc1)S(C)(=O)=O. The first-order chi connectivity index (χ1) is 18.8. The van der Waals surface area contributed by atoms with Crippen LogP contribution < -0.4 is 14.4 Å². The van der Waals surface area contributed by atoms with E-state index >= 15 is 0 Å². The van der Waals surface area contributed by atoms with E-state index in [0.29, 0.717) is 23.6 Å². The van der Waals surface area contributed by atoms with Crippen molar-refractivity contribution in [3.8, 4) is 11.5 Å². The van der Waals surface area contributed by atoms with Gasteiger partial charge in [0.2, 0.25) is 21.8 Å². The Balaban J connectivity index is 1.91. The van der Waals surface area contributed by atoms with Gasteiger partial charge in [-0.25, -0.2) is 8.42 Å². The molecule has 3 rings (SSSR count). The van der Waals surface area contributed by atoms with E-state index < -0.39 is 34.1 Å². The topological polar surface area (TPSA) is 96.0 Å². The molecule has 40 heavy (non-hydrogen) atoms. The summed E-state index contributed by atoms with van der Waals surface area (Å²) in [7, 11) is -3.83. The molecule has 0 saturated heterocycles. The Kier molecular flexibility index (Phi) is 9.98. The number of nitrogens with zero attached hydrogens (tertiary/aromatic N) is 2. The number of hydrogen-bond donors (Lipinski definition) is 1. The normalized spacial score (nSPS) is 12.3. The highest BCUT2D eigenvalue weighted by Crippen LogP contribution is 2.26. The van der Waals surface area contributed by atoms with Gasteiger partial charge in [0.05, 0.1) is 11.9 Å². The molecule has 0 aliphatic heterocycles. The second kappa shape index (κ2) is 13.0. The molecule has 1 N–H and O–H groups in total. The highest BCUT2D eigenvalue weighted by atomic mass is 32.2. The predicted octanol–water partition coefficient (Wildman–Crippen LogP) is 5.28. The molecule has 8 nitrogen and oxygen atoms in total. The molecule has 0 aliphatic carbocycles. The van der Waals surface area contributed by atoms with Gasteiger partial charge < -0.3 is 15.0 Å². The van der Waals surface area contributed by atoms with Gasteiger partial charge in [-0.05, 0) is 76.1 Å². The number of aryl methyl sites for hydroxylation is 1. The molecule has 0 aliphatic rings. The zero-order valence-corrected chi connectivity index (χ0v) is 24.9. The van der Waals surface area contributed by atoms with E-state index in [2.05, 4.69) is 5.32 Å². The third kappa shape index (κ3) is 8.84. The molecule has 1 atom stereocenters. The van der Waals surface area contributed by atoms with E-state index in [1.165, 1.54) is 4.90 Å². The monoisotopic (exact) mass is 565 g/mol. The summed E-state index contributed by atoms with van der Waals surface area (Å²) in [4.78, 5) is 28.6. The van der Waals surface area contributed by atoms with Gasteiger partial charge in [-0.1, -0.05) is 55.0 Å². The van der Waals surface area contributed by atoms with Crippen molar-refractivity contribution in [2.24, 2.45) is 0 Å². The lowest BCUT2D eigenvalue weighted by Gasteiger charge is -2.34. The van der Waals surface area contributed by atoms with Crippen LogP contribution in [0.1, 0.15) is 45.2 Å². The van der Waals surface area contributed by atoms with Crippen LogP contribution in [-0.2, 0) is 26.2 Å². The fourth-order valence-corrected chi connectivity index (χ4v) is 5.15. The van der Waals surface area contributed by atoms with E-state index in [0.717, 1.165) is 21.7 Å². The third-order valence-electron chi connectivity index (χ3n) is 6.10. The van der Waals surface area contributed by atoms with E-state index in [9.17, 15) is 18.0 Å². The summed E-state index contributed by atoms with van der Waals surface area (Å²) in [6.45, 7) is 9.13. The van der Waals surface area contributed by atoms with Gasteiger partial charge >= 0.3 is 0 Å². The quantitative estimate of drug-likeness (QED) is 0.342. The predicted molar refractivity (Wildman–Crippen MR) is 159 cm³/mol. The van der Waals surface area contributed by atoms with Crippen molar-refractivity contribution in [1.82, 2.24) is 10.2 Å². The number of para-hydroxylation sites is 1. The molecule has 3 aromatic carbocycles. The van der Waals surface area contributed by atoms with Gasteiger partial charge in [-0.2, -0.15) is 0 Å². The Morgan fingerprint density at radius 1 is 0.925 bits per heavy atom. The van der Waals surface area contributed by atoms with Crippen LogP contribution in [0.4, 0.5) is 5.69 Å². The summed E-state index contributed by atoms with van der Waals surface area (Å²) in [6.07, 6.45) is 1.42. The number of hydrogen-bond acceptors (Lipinski definition) is 5. The van der Waals surface area contributed by atoms with Crippen LogP contribution in [0.5, 0.6) is 11.5 Å². The van der Waals surface area contributed by atoms with Crippen molar-refractivity contribution < 1.29 is 22.7 Å². The summed E-state index contributed by atoms with van der Waals surface area (Å²) < 4.78 is 32.6. The maximum atomic E-state index is 13.9. The van der Waals surface area contributed by atoms with Crippen molar-refractivity contribution in [3.63, 3.8) is 0 Å². The van der Waals surface area contributed by atoms with Gasteiger partial charge in [-0.15, -0.1) is 0 Å². The largest absolute Gasteiger partial charge is 0.457 e. The second-order valence-corrected chi connectivity index (χ2v) is 12.8. The van der Waals surface area contributed by atoms with Gasteiger partial charge in [0.25, 0.3) is 0 Å². The average Bonchev–Trinajstić information content (AvgIpc) is 2.86. The van der Waals surface area contributed by atoms with Crippen molar-refractivity contribution in [3.05, 3.63) is 90.0 Å². The highest BCUT2D eigenvalue weighted by molar-refractivity contribution is 7.92. The lowest BCUT2D eigenvalue weighted by molar-refractivity contribution is -0.141. The van der Waals surface area contributed by atoms with Crippen LogP contribution >= 0.6 is 0 Å². The van der Waals surface area contributed by atoms with Crippen LogP contribution in [0.25, 0.3) is 0 Å². The minimum absolute atomic E-state index is 0.165. The molecule has 0 saturated carbocycles. The number of benzene rings is 3. The number of rotatable bonds is 11. The fourth-order valence-electron chi connectivity index (χ4n) is 4.30. The zero-order chi connectivity index (χ0) is 29.5. The lowest BCUT2D eigenvalue weighted by atomic mass is 10.0. The average molecular weight is 566 g/mol. The number of amides is 2. The van der Waals surface area contributed by atoms with Gasteiger partial charge in [0.15, 0.2) is 0 Å². The van der Waals surface area contributed by atoms with Crippen molar-refractivity contribution >= 4 is 27.5 Å². The van der Waals surface area contributed by atoms with Crippen molar-refractivity contribution in [2.75, 3.05) is 17.1 Å². The Morgan fingerprint density at radius 3 is 2.10 bits per heavy atom. The van der Waals surface area contributed by atoms with Crippen LogP contribution in [0.3, 0.4) is 0 Å². The first-order valence-corrected chi connectivity index (χ1v) is 15.1. The molecular formula is C31H39N3O5S. The van der Waals surface area contributed by atoms with E-state index in [-0.39, 0.29) is 12.5 Å². The number of carbonyl (C=O) groups excluding carboxylic acids is 2. The molecule has 0 spiro atoms. The molecule has 0 heterocycles. The molecule has 3 aromatic rings. The maximum absolute atomic E-state index is 13.9. The summed E-state index contributed by atoms with van der Waals surface area (Å²) in [5.41, 5.74) is 1.69. The molecule has 0 radical (unpaired) electrons. The Hall–Kier alpha value is -3.85. The molecule has 0 bridgehead atoms. The number of anilines is 1. The Bertz CT molecular complexity index is 1400. The number of carbonyl (C=O) groups is 2. The smallest absolute Gasteiger partial charge is 0.244 e. The summed E-state index contributed by atoms with van der Waals surface area (Å²) in [5, 5.41) is 2.97. The maximum Gasteiger partial charge on any atom is 0.244 e.